The molecule has 2 rings (SSSR count). The highest BCUT2D eigenvalue weighted by atomic mass is 16.5. The third kappa shape index (κ3) is 4.94. The molecule has 3 heteroatoms. The topological polar surface area (TPSA) is 24.5 Å². The zero-order valence-electron chi connectivity index (χ0n) is 11.3. The first-order valence-corrected chi connectivity index (χ1v) is 7.35. The van der Waals surface area contributed by atoms with Crippen LogP contribution in [0.1, 0.15) is 38.5 Å². The number of piperidine rings is 1. The summed E-state index contributed by atoms with van der Waals surface area (Å²) < 4.78 is 5.91. The van der Waals surface area contributed by atoms with Gasteiger partial charge in [-0.05, 0) is 58.2 Å². The van der Waals surface area contributed by atoms with Gasteiger partial charge >= 0.3 is 0 Å². The van der Waals surface area contributed by atoms with E-state index < -0.39 is 0 Å². The third-order valence-corrected chi connectivity index (χ3v) is 4.12. The van der Waals surface area contributed by atoms with Crippen LogP contribution in [0.25, 0.3) is 0 Å². The molecule has 1 N–H and O–H groups in total. The fourth-order valence-corrected chi connectivity index (χ4v) is 2.75. The summed E-state index contributed by atoms with van der Waals surface area (Å²) >= 11 is 0. The van der Waals surface area contributed by atoms with E-state index in [1.54, 1.807) is 0 Å². The molecule has 0 unspecified atom stereocenters. The van der Waals surface area contributed by atoms with Crippen LogP contribution in [-0.2, 0) is 4.74 Å². The van der Waals surface area contributed by atoms with E-state index in [0.29, 0.717) is 6.10 Å². The second kappa shape index (κ2) is 7.34. The summed E-state index contributed by atoms with van der Waals surface area (Å²) in [5, 5.41) is 3.37. The molecular formula is C14H28N2O. The predicted octanol–water partition coefficient (Wildman–Crippen LogP) is 1.88. The molecule has 0 atom stereocenters. The first-order chi connectivity index (χ1) is 8.34. The van der Waals surface area contributed by atoms with E-state index >= 15 is 0 Å². The molecule has 1 saturated carbocycles. The highest BCUT2D eigenvalue weighted by molar-refractivity contribution is 4.72. The number of hydrogen-bond donors (Lipinski definition) is 1. The van der Waals surface area contributed by atoms with Crippen LogP contribution in [-0.4, -0.2) is 50.8 Å². The molecule has 17 heavy (non-hydrogen) atoms. The second-order valence-corrected chi connectivity index (χ2v) is 5.73. The molecule has 100 valence electrons. The minimum atomic E-state index is 0.521. The lowest BCUT2D eigenvalue weighted by Crippen LogP contribution is -2.33. The van der Waals surface area contributed by atoms with E-state index in [1.807, 2.05) is 0 Å². The maximum absolute atomic E-state index is 5.91. The Balaban J connectivity index is 1.44. The molecule has 2 aliphatic rings. The molecular weight excluding hydrogens is 212 g/mol. The van der Waals surface area contributed by atoms with Crippen molar-refractivity contribution in [1.29, 1.82) is 0 Å². The zero-order valence-corrected chi connectivity index (χ0v) is 11.3. The van der Waals surface area contributed by atoms with Gasteiger partial charge in [0, 0.05) is 19.7 Å². The summed E-state index contributed by atoms with van der Waals surface area (Å²) in [6.45, 7) is 5.70. The first kappa shape index (κ1) is 13.3. The number of nitrogens with zero attached hydrogens (tertiary/aromatic N) is 1. The van der Waals surface area contributed by atoms with Crippen LogP contribution >= 0.6 is 0 Å². The average Bonchev–Trinajstić information content (AvgIpc) is 2.31. The van der Waals surface area contributed by atoms with E-state index in [1.165, 1.54) is 51.6 Å². The van der Waals surface area contributed by atoms with Gasteiger partial charge in [-0.25, -0.2) is 0 Å². The summed E-state index contributed by atoms with van der Waals surface area (Å²) in [6.07, 6.45) is 8.46. The van der Waals surface area contributed by atoms with Crippen LogP contribution in [0.2, 0.25) is 0 Å². The van der Waals surface area contributed by atoms with Gasteiger partial charge in [0.15, 0.2) is 0 Å². The van der Waals surface area contributed by atoms with Gasteiger partial charge in [-0.3, -0.25) is 0 Å². The molecule has 0 aromatic rings. The van der Waals surface area contributed by atoms with Gasteiger partial charge in [0.1, 0.15) is 0 Å². The molecule has 2 fully saturated rings. The Labute approximate surface area is 106 Å². The molecule has 0 amide bonds. The summed E-state index contributed by atoms with van der Waals surface area (Å²) in [7, 11) is 2.25. The lowest BCUT2D eigenvalue weighted by molar-refractivity contribution is 0.0277. The third-order valence-electron chi connectivity index (χ3n) is 4.12. The number of hydrogen-bond acceptors (Lipinski definition) is 3. The summed E-state index contributed by atoms with van der Waals surface area (Å²) in [5.41, 5.74) is 0. The second-order valence-electron chi connectivity index (χ2n) is 5.73. The zero-order chi connectivity index (χ0) is 11.9. The molecule has 0 aromatic carbocycles. The minimum absolute atomic E-state index is 0.521. The fraction of sp³-hybridized carbons (Fsp3) is 1.00. The monoisotopic (exact) mass is 240 g/mol. The van der Waals surface area contributed by atoms with Gasteiger partial charge in [0.25, 0.3) is 0 Å². The molecule has 0 radical (unpaired) electrons. The largest absolute Gasteiger partial charge is 0.378 e. The smallest absolute Gasteiger partial charge is 0.0599 e. The fourth-order valence-electron chi connectivity index (χ4n) is 2.75. The number of ether oxygens (including phenoxy) is 1. The van der Waals surface area contributed by atoms with E-state index in [4.69, 9.17) is 4.74 Å². The van der Waals surface area contributed by atoms with Crippen molar-refractivity contribution in [2.75, 3.05) is 39.8 Å². The van der Waals surface area contributed by atoms with Gasteiger partial charge in [-0.1, -0.05) is 6.42 Å². The standard InChI is InChI=1S/C14H28N2O/c1-16(12-13-4-2-5-13)10-3-11-17-14-6-8-15-9-7-14/h13-15H,2-12H2,1H3. The van der Waals surface area contributed by atoms with Crippen LogP contribution in [0.5, 0.6) is 0 Å². The van der Waals surface area contributed by atoms with Gasteiger partial charge < -0.3 is 15.0 Å². The van der Waals surface area contributed by atoms with Gasteiger partial charge in [0.05, 0.1) is 6.10 Å². The van der Waals surface area contributed by atoms with Crippen LogP contribution in [0.4, 0.5) is 0 Å². The van der Waals surface area contributed by atoms with Crippen molar-refractivity contribution in [3.05, 3.63) is 0 Å². The Morgan fingerprint density at radius 1 is 1.18 bits per heavy atom. The molecule has 1 heterocycles. The first-order valence-electron chi connectivity index (χ1n) is 7.35. The van der Waals surface area contributed by atoms with Crippen molar-refractivity contribution < 1.29 is 4.74 Å². The van der Waals surface area contributed by atoms with Gasteiger partial charge in [-0.2, -0.15) is 0 Å². The van der Waals surface area contributed by atoms with E-state index in [2.05, 4.69) is 17.3 Å². The van der Waals surface area contributed by atoms with Gasteiger partial charge in [-0.15, -0.1) is 0 Å². The Bertz CT molecular complexity index is 200. The quantitative estimate of drug-likeness (QED) is 0.688. The molecule has 0 aromatic heterocycles. The van der Waals surface area contributed by atoms with Crippen molar-refractivity contribution in [3.8, 4) is 0 Å². The summed E-state index contributed by atoms with van der Waals surface area (Å²) in [5.74, 6) is 0.991. The van der Waals surface area contributed by atoms with Crippen molar-refractivity contribution in [3.63, 3.8) is 0 Å². The van der Waals surface area contributed by atoms with E-state index in [-0.39, 0.29) is 0 Å². The summed E-state index contributed by atoms with van der Waals surface area (Å²) in [6, 6.07) is 0. The predicted molar refractivity (Wildman–Crippen MR) is 71.3 cm³/mol. The molecule has 1 aliphatic carbocycles. The molecule has 1 aliphatic heterocycles. The number of nitrogens with one attached hydrogen (secondary N) is 1. The Hall–Kier alpha value is -0.120. The van der Waals surface area contributed by atoms with Crippen LogP contribution in [0.15, 0.2) is 0 Å². The molecule has 0 bridgehead atoms. The highest BCUT2D eigenvalue weighted by Gasteiger charge is 2.18. The lowest BCUT2D eigenvalue weighted by Gasteiger charge is -2.30. The van der Waals surface area contributed by atoms with Crippen LogP contribution < -0.4 is 5.32 Å². The van der Waals surface area contributed by atoms with Crippen LogP contribution in [0.3, 0.4) is 0 Å². The number of rotatable bonds is 7. The Morgan fingerprint density at radius 2 is 1.94 bits per heavy atom. The van der Waals surface area contributed by atoms with Crippen LogP contribution in [0, 0.1) is 5.92 Å². The van der Waals surface area contributed by atoms with Crippen molar-refractivity contribution in [2.24, 2.45) is 5.92 Å². The summed E-state index contributed by atoms with van der Waals surface area (Å²) in [4.78, 5) is 2.48. The average molecular weight is 240 g/mol. The maximum atomic E-state index is 5.91. The van der Waals surface area contributed by atoms with Crippen molar-refractivity contribution in [1.82, 2.24) is 10.2 Å². The molecule has 1 saturated heterocycles. The van der Waals surface area contributed by atoms with Crippen molar-refractivity contribution in [2.45, 2.75) is 44.6 Å². The molecule has 3 nitrogen and oxygen atoms in total. The van der Waals surface area contributed by atoms with E-state index in [9.17, 15) is 0 Å². The SMILES string of the molecule is CN(CCCOC1CCNCC1)CC1CCC1. The normalized spacial score (nSPS) is 22.9. The van der Waals surface area contributed by atoms with Crippen molar-refractivity contribution >= 4 is 0 Å². The lowest BCUT2D eigenvalue weighted by atomic mass is 9.85. The molecule has 0 spiro atoms. The minimum Gasteiger partial charge on any atom is -0.378 e. The highest BCUT2D eigenvalue weighted by Crippen LogP contribution is 2.26. The van der Waals surface area contributed by atoms with Gasteiger partial charge in [0.2, 0.25) is 0 Å². The Kier molecular flexibility index (Phi) is 5.75. The maximum Gasteiger partial charge on any atom is 0.0599 e. The Morgan fingerprint density at radius 3 is 2.59 bits per heavy atom. The van der Waals surface area contributed by atoms with E-state index in [0.717, 1.165) is 25.6 Å².